The SMILES string of the molecule is Brc1ccc2c(c1)C1NCCOC1CC2. The van der Waals surface area contributed by atoms with E-state index < -0.39 is 0 Å². The molecule has 1 N–H and O–H groups in total. The lowest BCUT2D eigenvalue weighted by Gasteiger charge is -2.37. The van der Waals surface area contributed by atoms with E-state index in [9.17, 15) is 0 Å². The molecule has 3 rings (SSSR count). The molecular formula is C12H14BrNO. The smallest absolute Gasteiger partial charge is 0.0773 e. The highest BCUT2D eigenvalue weighted by Gasteiger charge is 2.32. The Hall–Kier alpha value is -0.380. The van der Waals surface area contributed by atoms with Gasteiger partial charge in [0.15, 0.2) is 0 Å². The van der Waals surface area contributed by atoms with Crippen LogP contribution in [0.5, 0.6) is 0 Å². The molecule has 15 heavy (non-hydrogen) atoms. The molecule has 1 aliphatic heterocycles. The summed E-state index contributed by atoms with van der Waals surface area (Å²) >= 11 is 3.54. The molecule has 1 aromatic carbocycles. The zero-order chi connectivity index (χ0) is 10.3. The summed E-state index contributed by atoms with van der Waals surface area (Å²) < 4.78 is 6.96. The molecule has 0 aromatic heterocycles. The van der Waals surface area contributed by atoms with Crippen molar-refractivity contribution in [3.63, 3.8) is 0 Å². The van der Waals surface area contributed by atoms with Crippen LogP contribution in [0.25, 0.3) is 0 Å². The molecule has 0 spiro atoms. The van der Waals surface area contributed by atoms with Crippen molar-refractivity contribution in [2.24, 2.45) is 0 Å². The maximum Gasteiger partial charge on any atom is 0.0773 e. The molecule has 2 nitrogen and oxygen atoms in total. The minimum absolute atomic E-state index is 0.376. The maximum atomic E-state index is 5.80. The van der Waals surface area contributed by atoms with Crippen molar-refractivity contribution in [2.75, 3.05) is 13.2 Å². The van der Waals surface area contributed by atoms with Gasteiger partial charge in [-0.1, -0.05) is 22.0 Å². The van der Waals surface area contributed by atoms with Gasteiger partial charge in [-0.05, 0) is 36.1 Å². The largest absolute Gasteiger partial charge is 0.375 e. The number of halogens is 1. The van der Waals surface area contributed by atoms with E-state index in [1.165, 1.54) is 11.1 Å². The summed E-state index contributed by atoms with van der Waals surface area (Å²) in [5.74, 6) is 0. The first-order chi connectivity index (χ1) is 7.34. The van der Waals surface area contributed by atoms with Gasteiger partial charge in [0.25, 0.3) is 0 Å². The van der Waals surface area contributed by atoms with E-state index in [0.29, 0.717) is 12.1 Å². The van der Waals surface area contributed by atoms with Gasteiger partial charge in [-0.2, -0.15) is 0 Å². The van der Waals surface area contributed by atoms with Crippen molar-refractivity contribution < 1.29 is 4.74 Å². The molecule has 0 amide bonds. The Morgan fingerprint density at radius 2 is 2.33 bits per heavy atom. The molecule has 1 aliphatic carbocycles. The number of morpholine rings is 1. The summed E-state index contributed by atoms with van der Waals surface area (Å²) in [6, 6.07) is 6.99. The fourth-order valence-corrected chi connectivity index (χ4v) is 2.97. The van der Waals surface area contributed by atoms with Gasteiger partial charge in [-0.15, -0.1) is 0 Å². The number of fused-ring (bicyclic) bond motifs is 3. The third-order valence-corrected chi connectivity index (χ3v) is 3.80. The van der Waals surface area contributed by atoms with Crippen LogP contribution in [0.4, 0.5) is 0 Å². The number of aryl methyl sites for hydroxylation is 1. The van der Waals surface area contributed by atoms with E-state index in [1.807, 2.05) is 0 Å². The predicted octanol–water partition coefficient (Wildman–Crippen LogP) is 2.42. The van der Waals surface area contributed by atoms with Crippen molar-refractivity contribution >= 4 is 15.9 Å². The standard InChI is InChI=1S/C12H14BrNO/c13-9-3-1-8-2-4-11-12(10(8)7-9)14-5-6-15-11/h1,3,7,11-12,14H,2,4-6H2. The molecule has 0 saturated carbocycles. The molecular weight excluding hydrogens is 254 g/mol. The van der Waals surface area contributed by atoms with Gasteiger partial charge < -0.3 is 10.1 Å². The van der Waals surface area contributed by atoms with Gasteiger partial charge in [-0.25, -0.2) is 0 Å². The van der Waals surface area contributed by atoms with Gasteiger partial charge in [0.05, 0.1) is 18.8 Å². The van der Waals surface area contributed by atoms with Crippen LogP contribution in [-0.2, 0) is 11.2 Å². The number of hydrogen-bond donors (Lipinski definition) is 1. The molecule has 2 unspecified atom stereocenters. The minimum atomic E-state index is 0.376. The molecule has 1 aromatic rings. The highest BCUT2D eigenvalue weighted by atomic mass is 79.9. The number of hydrogen-bond acceptors (Lipinski definition) is 2. The van der Waals surface area contributed by atoms with Crippen molar-refractivity contribution in [1.29, 1.82) is 0 Å². The number of benzene rings is 1. The lowest BCUT2D eigenvalue weighted by Crippen LogP contribution is -2.44. The molecule has 1 saturated heterocycles. The van der Waals surface area contributed by atoms with Gasteiger partial charge in [0.1, 0.15) is 0 Å². The van der Waals surface area contributed by atoms with Crippen LogP contribution in [0.3, 0.4) is 0 Å². The zero-order valence-corrected chi connectivity index (χ0v) is 10.1. The summed E-state index contributed by atoms with van der Waals surface area (Å²) in [6.07, 6.45) is 2.66. The van der Waals surface area contributed by atoms with Gasteiger partial charge in [0, 0.05) is 11.0 Å². The first-order valence-corrected chi connectivity index (χ1v) is 6.27. The Kier molecular flexibility index (Phi) is 2.54. The van der Waals surface area contributed by atoms with E-state index in [4.69, 9.17) is 4.74 Å². The third-order valence-electron chi connectivity index (χ3n) is 3.31. The fraction of sp³-hybridized carbons (Fsp3) is 0.500. The first-order valence-electron chi connectivity index (χ1n) is 5.48. The first kappa shape index (κ1) is 9.82. The topological polar surface area (TPSA) is 21.3 Å². The van der Waals surface area contributed by atoms with Crippen LogP contribution in [-0.4, -0.2) is 19.3 Å². The number of nitrogens with one attached hydrogen (secondary N) is 1. The summed E-state index contributed by atoms with van der Waals surface area (Å²) in [5, 5.41) is 3.56. The lowest BCUT2D eigenvalue weighted by molar-refractivity contribution is -0.0138. The quantitative estimate of drug-likeness (QED) is 0.780. The van der Waals surface area contributed by atoms with E-state index in [2.05, 4.69) is 39.4 Å². The van der Waals surface area contributed by atoms with Crippen molar-refractivity contribution in [3.05, 3.63) is 33.8 Å². The van der Waals surface area contributed by atoms with Crippen molar-refractivity contribution in [1.82, 2.24) is 5.32 Å². The molecule has 1 fully saturated rings. The molecule has 0 radical (unpaired) electrons. The molecule has 2 aliphatic rings. The molecule has 1 heterocycles. The molecule has 80 valence electrons. The van der Waals surface area contributed by atoms with Crippen molar-refractivity contribution in [2.45, 2.75) is 25.0 Å². The average molecular weight is 268 g/mol. The highest BCUT2D eigenvalue weighted by Crippen LogP contribution is 2.34. The minimum Gasteiger partial charge on any atom is -0.375 e. The average Bonchev–Trinajstić information content (AvgIpc) is 2.29. The van der Waals surface area contributed by atoms with Crippen LogP contribution in [0, 0.1) is 0 Å². The molecule has 2 atom stereocenters. The Bertz CT molecular complexity index is 380. The summed E-state index contributed by atoms with van der Waals surface area (Å²) in [7, 11) is 0. The van der Waals surface area contributed by atoms with E-state index in [1.54, 1.807) is 0 Å². The third kappa shape index (κ3) is 1.73. The van der Waals surface area contributed by atoms with E-state index in [-0.39, 0.29) is 0 Å². The van der Waals surface area contributed by atoms with Crippen LogP contribution >= 0.6 is 15.9 Å². The van der Waals surface area contributed by atoms with Gasteiger partial charge >= 0.3 is 0 Å². The fourth-order valence-electron chi connectivity index (χ4n) is 2.59. The van der Waals surface area contributed by atoms with Gasteiger partial charge in [0.2, 0.25) is 0 Å². The maximum absolute atomic E-state index is 5.80. The Morgan fingerprint density at radius 1 is 1.40 bits per heavy atom. The number of rotatable bonds is 0. The Morgan fingerprint density at radius 3 is 3.27 bits per heavy atom. The van der Waals surface area contributed by atoms with E-state index >= 15 is 0 Å². The normalized spacial score (nSPS) is 29.4. The van der Waals surface area contributed by atoms with Crippen LogP contribution in [0.1, 0.15) is 23.6 Å². The molecule has 3 heteroatoms. The van der Waals surface area contributed by atoms with Crippen LogP contribution in [0.15, 0.2) is 22.7 Å². The zero-order valence-electron chi connectivity index (χ0n) is 8.50. The molecule has 0 bridgehead atoms. The van der Waals surface area contributed by atoms with Crippen molar-refractivity contribution in [3.8, 4) is 0 Å². The van der Waals surface area contributed by atoms with Crippen LogP contribution < -0.4 is 5.32 Å². The monoisotopic (exact) mass is 267 g/mol. The highest BCUT2D eigenvalue weighted by molar-refractivity contribution is 9.10. The van der Waals surface area contributed by atoms with Gasteiger partial charge in [-0.3, -0.25) is 0 Å². The summed E-state index contributed by atoms with van der Waals surface area (Å²) in [4.78, 5) is 0. The Labute approximate surface area is 98.1 Å². The lowest BCUT2D eigenvalue weighted by atomic mass is 9.85. The number of ether oxygens (including phenoxy) is 1. The second kappa shape index (κ2) is 3.89. The van der Waals surface area contributed by atoms with E-state index in [0.717, 1.165) is 30.5 Å². The second-order valence-electron chi connectivity index (χ2n) is 4.22. The summed E-state index contributed by atoms with van der Waals surface area (Å²) in [5.41, 5.74) is 2.89. The Balaban J connectivity index is 2.01. The second-order valence-corrected chi connectivity index (χ2v) is 5.14. The van der Waals surface area contributed by atoms with Crippen LogP contribution in [0.2, 0.25) is 0 Å². The summed E-state index contributed by atoms with van der Waals surface area (Å²) in [6.45, 7) is 1.82. The predicted molar refractivity (Wildman–Crippen MR) is 62.9 cm³/mol.